The molecular formula is C11H9BrFNO2. The number of carbonyl (C=O) groups is 1. The topological polar surface area (TPSA) is 42.2 Å². The van der Waals surface area contributed by atoms with E-state index in [1.807, 2.05) is 0 Å². The van der Waals surface area contributed by atoms with Crippen molar-refractivity contribution >= 4 is 32.8 Å². The highest BCUT2D eigenvalue weighted by atomic mass is 79.9. The minimum Gasteiger partial charge on any atom is -0.478 e. The van der Waals surface area contributed by atoms with Crippen molar-refractivity contribution in [1.29, 1.82) is 0 Å². The molecule has 0 unspecified atom stereocenters. The smallest absolute Gasteiger partial charge is 0.338 e. The van der Waals surface area contributed by atoms with Crippen molar-refractivity contribution in [2.45, 2.75) is 6.92 Å². The van der Waals surface area contributed by atoms with Gasteiger partial charge < -0.3 is 9.67 Å². The van der Waals surface area contributed by atoms with Crippen molar-refractivity contribution in [3.63, 3.8) is 0 Å². The Kier molecular flexibility index (Phi) is 2.50. The lowest BCUT2D eigenvalue weighted by molar-refractivity contribution is 0.0698. The number of halogens is 2. The molecule has 3 nitrogen and oxygen atoms in total. The summed E-state index contributed by atoms with van der Waals surface area (Å²) >= 11 is 3.16. The highest BCUT2D eigenvalue weighted by Gasteiger charge is 2.20. The molecule has 2 rings (SSSR count). The van der Waals surface area contributed by atoms with Crippen LogP contribution in [0, 0.1) is 12.7 Å². The molecule has 1 heterocycles. The van der Waals surface area contributed by atoms with Crippen molar-refractivity contribution in [2.75, 3.05) is 0 Å². The van der Waals surface area contributed by atoms with E-state index in [-0.39, 0.29) is 5.56 Å². The highest BCUT2D eigenvalue weighted by Crippen LogP contribution is 2.30. The van der Waals surface area contributed by atoms with Gasteiger partial charge in [-0.15, -0.1) is 0 Å². The Morgan fingerprint density at radius 2 is 2.12 bits per heavy atom. The average Bonchev–Trinajstić information content (AvgIpc) is 2.38. The molecule has 0 saturated carbocycles. The molecule has 84 valence electrons. The number of rotatable bonds is 1. The number of carboxylic acids is 1. The van der Waals surface area contributed by atoms with Gasteiger partial charge in [0.2, 0.25) is 0 Å². The Morgan fingerprint density at radius 1 is 1.50 bits per heavy atom. The van der Waals surface area contributed by atoms with E-state index >= 15 is 0 Å². The molecule has 0 aliphatic heterocycles. The largest absolute Gasteiger partial charge is 0.478 e. The molecule has 0 spiro atoms. The first-order valence-corrected chi connectivity index (χ1v) is 5.40. The molecule has 0 fully saturated rings. The third-order valence-electron chi connectivity index (χ3n) is 2.71. The van der Waals surface area contributed by atoms with Crippen LogP contribution < -0.4 is 0 Å². The molecule has 0 bridgehead atoms. The number of benzene rings is 1. The molecule has 1 aromatic carbocycles. The predicted molar refractivity (Wildman–Crippen MR) is 62.3 cm³/mol. The lowest BCUT2D eigenvalue weighted by Gasteiger charge is -2.00. The van der Waals surface area contributed by atoms with Crippen LogP contribution in [0.3, 0.4) is 0 Å². The van der Waals surface area contributed by atoms with E-state index in [1.54, 1.807) is 24.6 Å². The van der Waals surface area contributed by atoms with Crippen molar-refractivity contribution in [3.8, 4) is 0 Å². The van der Waals surface area contributed by atoms with Gasteiger partial charge in [-0.3, -0.25) is 0 Å². The number of carboxylic acid groups (broad SMARTS) is 1. The molecule has 0 saturated heterocycles. The van der Waals surface area contributed by atoms with Crippen LogP contribution in [0.4, 0.5) is 4.39 Å². The number of aryl methyl sites for hydroxylation is 1. The molecule has 0 amide bonds. The molecule has 0 aliphatic rings. The second kappa shape index (κ2) is 3.59. The molecule has 0 aliphatic carbocycles. The maximum atomic E-state index is 13.7. The van der Waals surface area contributed by atoms with Gasteiger partial charge in [-0.25, -0.2) is 9.18 Å². The van der Waals surface area contributed by atoms with E-state index in [0.717, 1.165) is 0 Å². The van der Waals surface area contributed by atoms with Crippen molar-refractivity contribution in [3.05, 3.63) is 33.7 Å². The molecule has 0 radical (unpaired) electrons. The number of hydrogen-bond acceptors (Lipinski definition) is 1. The standard InChI is InChI=1S/C11H9BrFNO2/c1-5-9(11(15)16)7-3-6(12)4-8(13)10(7)14(5)2/h3-4H,1-2H3,(H,15,16). The van der Waals surface area contributed by atoms with Gasteiger partial charge in [-0.2, -0.15) is 0 Å². The maximum absolute atomic E-state index is 13.7. The van der Waals surface area contributed by atoms with Crippen LogP contribution in [-0.2, 0) is 7.05 Å². The summed E-state index contributed by atoms with van der Waals surface area (Å²) in [7, 11) is 1.65. The first-order valence-electron chi connectivity index (χ1n) is 4.60. The zero-order chi connectivity index (χ0) is 12.0. The van der Waals surface area contributed by atoms with E-state index in [0.29, 0.717) is 21.1 Å². The minimum atomic E-state index is -1.04. The maximum Gasteiger partial charge on any atom is 0.338 e. The third-order valence-corrected chi connectivity index (χ3v) is 3.17. The van der Waals surface area contributed by atoms with Gasteiger partial charge in [0.1, 0.15) is 5.82 Å². The Labute approximate surface area is 99.6 Å². The lowest BCUT2D eigenvalue weighted by Crippen LogP contribution is -1.99. The zero-order valence-electron chi connectivity index (χ0n) is 8.71. The Morgan fingerprint density at radius 3 is 2.69 bits per heavy atom. The predicted octanol–water partition coefficient (Wildman–Crippen LogP) is 3.09. The van der Waals surface area contributed by atoms with Gasteiger partial charge in [0.15, 0.2) is 0 Å². The first-order chi connectivity index (χ1) is 7.43. The number of aromatic carboxylic acids is 1. The minimum absolute atomic E-state index is 0.151. The number of nitrogens with zero attached hydrogens (tertiary/aromatic N) is 1. The van der Waals surface area contributed by atoms with Crippen LogP contribution in [-0.4, -0.2) is 15.6 Å². The monoisotopic (exact) mass is 285 g/mol. The van der Waals surface area contributed by atoms with Gasteiger partial charge in [0.05, 0.1) is 11.1 Å². The fourth-order valence-electron chi connectivity index (χ4n) is 1.90. The second-order valence-electron chi connectivity index (χ2n) is 3.61. The van der Waals surface area contributed by atoms with Gasteiger partial charge in [0, 0.05) is 22.6 Å². The van der Waals surface area contributed by atoms with Crippen LogP contribution in [0.15, 0.2) is 16.6 Å². The summed E-state index contributed by atoms with van der Waals surface area (Å²) in [4.78, 5) is 11.1. The molecule has 1 aromatic heterocycles. The number of aromatic nitrogens is 1. The summed E-state index contributed by atoms with van der Waals surface area (Å²) in [6.07, 6.45) is 0. The summed E-state index contributed by atoms with van der Waals surface area (Å²) in [5.74, 6) is -1.47. The summed E-state index contributed by atoms with van der Waals surface area (Å²) in [5, 5.41) is 9.52. The van der Waals surface area contributed by atoms with Gasteiger partial charge in [-0.1, -0.05) is 15.9 Å². The van der Waals surface area contributed by atoms with E-state index < -0.39 is 11.8 Å². The lowest BCUT2D eigenvalue weighted by atomic mass is 10.1. The van der Waals surface area contributed by atoms with Crippen LogP contribution in [0.2, 0.25) is 0 Å². The normalized spacial score (nSPS) is 11.0. The third kappa shape index (κ3) is 1.43. The summed E-state index contributed by atoms with van der Waals surface area (Å²) < 4.78 is 15.8. The first kappa shape index (κ1) is 11.1. The van der Waals surface area contributed by atoms with Crippen LogP contribution >= 0.6 is 15.9 Å². The van der Waals surface area contributed by atoms with Gasteiger partial charge in [0.25, 0.3) is 0 Å². The average molecular weight is 286 g/mol. The Bertz CT molecular complexity index is 604. The fourth-order valence-corrected chi connectivity index (χ4v) is 2.33. The molecule has 1 N–H and O–H groups in total. The van der Waals surface area contributed by atoms with Crippen LogP contribution in [0.5, 0.6) is 0 Å². The summed E-state index contributed by atoms with van der Waals surface area (Å²) in [5.41, 5.74) is 1.01. The zero-order valence-corrected chi connectivity index (χ0v) is 10.3. The molecular weight excluding hydrogens is 277 g/mol. The Hall–Kier alpha value is -1.36. The highest BCUT2D eigenvalue weighted by molar-refractivity contribution is 9.10. The van der Waals surface area contributed by atoms with Crippen LogP contribution in [0.25, 0.3) is 10.9 Å². The SMILES string of the molecule is Cc1c(C(=O)O)c2cc(Br)cc(F)c2n1C. The van der Waals surface area contributed by atoms with E-state index in [2.05, 4.69) is 15.9 Å². The number of fused-ring (bicyclic) bond motifs is 1. The quantitative estimate of drug-likeness (QED) is 0.875. The summed E-state index contributed by atoms with van der Waals surface area (Å²) in [6.45, 7) is 1.66. The Balaban J connectivity index is 3.02. The van der Waals surface area contributed by atoms with E-state index in [9.17, 15) is 9.18 Å². The number of hydrogen-bond donors (Lipinski definition) is 1. The van der Waals surface area contributed by atoms with Gasteiger partial charge in [-0.05, 0) is 19.1 Å². The molecule has 2 aromatic rings. The van der Waals surface area contributed by atoms with Crippen molar-refractivity contribution in [1.82, 2.24) is 4.57 Å². The van der Waals surface area contributed by atoms with E-state index in [1.165, 1.54) is 6.07 Å². The second-order valence-corrected chi connectivity index (χ2v) is 4.52. The van der Waals surface area contributed by atoms with Gasteiger partial charge >= 0.3 is 5.97 Å². The van der Waals surface area contributed by atoms with E-state index in [4.69, 9.17) is 5.11 Å². The summed E-state index contributed by atoms with van der Waals surface area (Å²) in [6, 6.07) is 2.95. The van der Waals surface area contributed by atoms with Crippen molar-refractivity contribution < 1.29 is 14.3 Å². The molecule has 16 heavy (non-hydrogen) atoms. The molecule has 0 atom stereocenters. The van der Waals surface area contributed by atoms with Crippen LogP contribution in [0.1, 0.15) is 16.1 Å². The van der Waals surface area contributed by atoms with Crippen molar-refractivity contribution in [2.24, 2.45) is 7.05 Å². The molecule has 5 heteroatoms. The fraction of sp³-hybridized carbons (Fsp3) is 0.182.